The van der Waals surface area contributed by atoms with Crippen molar-refractivity contribution >= 4 is 47.8 Å². The van der Waals surface area contributed by atoms with E-state index in [1.807, 2.05) is 0 Å². The molecule has 0 aliphatic heterocycles. The first kappa shape index (κ1) is 10.7. The number of hydrogen-bond acceptors (Lipinski definition) is 0. The van der Waals surface area contributed by atoms with Crippen LogP contribution in [-0.2, 0) is 0 Å². The first-order valence-electron chi connectivity index (χ1n) is 3.69. The third-order valence-corrected chi connectivity index (χ3v) is 3.57. The summed E-state index contributed by atoms with van der Waals surface area (Å²) in [6.45, 7) is 0. The van der Waals surface area contributed by atoms with Crippen molar-refractivity contribution in [2.75, 3.05) is 5.33 Å². The molecule has 0 heterocycles. The van der Waals surface area contributed by atoms with Crippen LogP contribution in [0.5, 0.6) is 0 Å². The lowest BCUT2D eigenvalue weighted by Gasteiger charge is -2.07. The lowest BCUT2D eigenvalue weighted by molar-refractivity contribution is 0.928. The molecule has 0 N–H and O–H groups in total. The Hall–Kier alpha value is 0.660. The number of halogens is 3. The number of benzene rings is 1. The summed E-state index contributed by atoms with van der Waals surface area (Å²) >= 11 is 10.5. The van der Waals surface area contributed by atoms with Gasteiger partial charge >= 0.3 is 0 Å². The van der Waals surface area contributed by atoms with Crippen molar-refractivity contribution in [3.05, 3.63) is 34.3 Å². The van der Waals surface area contributed by atoms with Crippen LogP contribution in [-0.4, -0.2) is 5.33 Å². The lowest BCUT2D eigenvalue weighted by Crippen LogP contribution is -1.89. The summed E-state index contributed by atoms with van der Waals surface area (Å²) in [5, 5.41) is 1.03. The van der Waals surface area contributed by atoms with E-state index in [1.54, 1.807) is 0 Å². The normalized spacial score (nSPS) is 12.9. The van der Waals surface area contributed by atoms with E-state index in [9.17, 15) is 0 Å². The largest absolute Gasteiger partial charge is 0.0928 e. The van der Waals surface area contributed by atoms with E-state index in [2.05, 4.69) is 72.1 Å². The Balaban J connectivity index is 2.68. The fourth-order valence-corrected chi connectivity index (χ4v) is 2.80. The second-order valence-corrected chi connectivity index (χ2v) is 5.31. The Labute approximate surface area is 98.1 Å². The molecule has 66 valence electrons. The van der Waals surface area contributed by atoms with E-state index in [-0.39, 0.29) is 0 Å². The summed E-state index contributed by atoms with van der Waals surface area (Å²) in [6, 6.07) is 8.40. The summed E-state index contributed by atoms with van der Waals surface area (Å²) in [5.74, 6) is 0. The van der Waals surface area contributed by atoms with Crippen LogP contribution in [0, 0.1) is 0 Å². The maximum Gasteiger partial charge on any atom is 0.0403 e. The van der Waals surface area contributed by atoms with Gasteiger partial charge in [0, 0.05) is 14.6 Å². The molecule has 0 saturated heterocycles. The van der Waals surface area contributed by atoms with Gasteiger partial charge in [0.15, 0.2) is 0 Å². The van der Waals surface area contributed by atoms with Gasteiger partial charge in [-0.1, -0.05) is 59.9 Å². The molecule has 0 nitrogen and oxygen atoms in total. The molecule has 1 aromatic carbocycles. The van der Waals surface area contributed by atoms with Crippen LogP contribution in [0.4, 0.5) is 0 Å². The molecule has 0 fully saturated rings. The summed E-state index contributed by atoms with van der Waals surface area (Å²) in [6.07, 6.45) is 1.11. The number of hydrogen-bond donors (Lipinski definition) is 0. The molecule has 1 aromatic rings. The zero-order chi connectivity index (χ0) is 8.97. The van der Waals surface area contributed by atoms with Gasteiger partial charge in [0.05, 0.1) is 0 Å². The SMILES string of the molecule is BrCCC(Br)c1ccc(Br)cc1. The molecule has 1 rings (SSSR count). The van der Waals surface area contributed by atoms with Crippen LogP contribution >= 0.6 is 47.8 Å². The summed E-state index contributed by atoms with van der Waals surface area (Å²) in [4.78, 5) is 0.463. The van der Waals surface area contributed by atoms with Crippen LogP contribution in [0.2, 0.25) is 0 Å². The van der Waals surface area contributed by atoms with Crippen LogP contribution in [0.1, 0.15) is 16.8 Å². The second-order valence-electron chi connectivity index (χ2n) is 2.50. The van der Waals surface area contributed by atoms with Gasteiger partial charge < -0.3 is 0 Å². The Kier molecular flexibility index (Phi) is 4.84. The van der Waals surface area contributed by atoms with Crippen LogP contribution in [0.3, 0.4) is 0 Å². The minimum atomic E-state index is 0.463. The van der Waals surface area contributed by atoms with Gasteiger partial charge in [0.2, 0.25) is 0 Å². The molecule has 1 atom stereocenters. The Morgan fingerprint density at radius 2 is 1.75 bits per heavy atom. The van der Waals surface area contributed by atoms with Gasteiger partial charge in [-0.3, -0.25) is 0 Å². The molecule has 0 spiro atoms. The molecular weight excluding hydrogens is 348 g/mol. The standard InChI is InChI=1S/C9H9Br3/c10-6-5-9(12)7-1-3-8(11)4-2-7/h1-4,9H,5-6H2. The van der Waals surface area contributed by atoms with Gasteiger partial charge in [-0.05, 0) is 24.1 Å². The third-order valence-electron chi connectivity index (χ3n) is 1.59. The van der Waals surface area contributed by atoms with E-state index in [0.717, 1.165) is 16.2 Å². The Morgan fingerprint density at radius 3 is 2.25 bits per heavy atom. The van der Waals surface area contributed by atoms with Gasteiger partial charge in [-0.25, -0.2) is 0 Å². The molecule has 0 saturated carbocycles. The molecule has 0 amide bonds. The molecular formula is C9H9Br3. The molecule has 0 aromatic heterocycles. The zero-order valence-corrected chi connectivity index (χ0v) is 11.2. The fourth-order valence-electron chi connectivity index (χ4n) is 0.934. The Morgan fingerprint density at radius 1 is 1.17 bits per heavy atom. The zero-order valence-electron chi connectivity index (χ0n) is 6.43. The van der Waals surface area contributed by atoms with E-state index in [1.165, 1.54) is 5.56 Å². The van der Waals surface area contributed by atoms with E-state index >= 15 is 0 Å². The first-order valence-corrected chi connectivity index (χ1v) is 6.52. The quantitative estimate of drug-likeness (QED) is 0.690. The average Bonchev–Trinajstić information content (AvgIpc) is 2.06. The summed E-state index contributed by atoms with van der Waals surface area (Å²) in [7, 11) is 0. The van der Waals surface area contributed by atoms with Crippen molar-refractivity contribution in [1.29, 1.82) is 0 Å². The maximum absolute atomic E-state index is 3.63. The predicted molar refractivity (Wildman–Crippen MR) is 64.2 cm³/mol. The molecule has 3 heteroatoms. The third kappa shape index (κ3) is 3.19. The topological polar surface area (TPSA) is 0 Å². The van der Waals surface area contributed by atoms with Gasteiger partial charge in [0.25, 0.3) is 0 Å². The van der Waals surface area contributed by atoms with Gasteiger partial charge in [-0.15, -0.1) is 0 Å². The Bertz CT molecular complexity index is 230. The van der Waals surface area contributed by atoms with Crippen LogP contribution in [0.15, 0.2) is 28.7 Å². The minimum Gasteiger partial charge on any atom is -0.0928 e. The highest BCUT2D eigenvalue weighted by Crippen LogP contribution is 2.27. The van der Waals surface area contributed by atoms with E-state index in [4.69, 9.17) is 0 Å². The molecule has 12 heavy (non-hydrogen) atoms. The van der Waals surface area contributed by atoms with Crippen molar-refractivity contribution < 1.29 is 0 Å². The highest BCUT2D eigenvalue weighted by molar-refractivity contribution is 9.10. The molecule has 0 aliphatic rings. The predicted octanol–water partition coefficient (Wildman–Crippen LogP) is 4.67. The summed E-state index contributed by atoms with van der Waals surface area (Å²) < 4.78 is 1.13. The minimum absolute atomic E-state index is 0.463. The smallest absolute Gasteiger partial charge is 0.0403 e. The van der Waals surface area contributed by atoms with Crippen molar-refractivity contribution in [3.63, 3.8) is 0 Å². The average molecular weight is 357 g/mol. The number of alkyl halides is 2. The summed E-state index contributed by atoms with van der Waals surface area (Å²) in [5.41, 5.74) is 1.33. The van der Waals surface area contributed by atoms with Gasteiger partial charge in [0.1, 0.15) is 0 Å². The van der Waals surface area contributed by atoms with Crippen molar-refractivity contribution in [1.82, 2.24) is 0 Å². The lowest BCUT2D eigenvalue weighted by atomic mass is 10.1. The molecule has 0 radical (unpaired) electrons. The van der Waals surface area contributed by atoms with Crippen molar-refractivity contribution in [2.45, 2.75) is 11.2 Å². The molecule has 0 bridgehead atoms. The van der Waals surface area contributed by atoms with Crippen LogP contribution in [0.25, 0.3) is 0 Å². The number of rotatable bonds is 3. The molecule has 1 unspecified atom stereocenters. The molecule has 0 aliphatic carbocycles. The highest BCUT2D eigenvalue weighted by atomic mass is 79.9. The van der Waals surface area contributed by atoms with Crippen LogP contribution < -0.4 is 0 Å². The fraction of sp³-hybridized carbons (Fsp3) is 0.333. The van der Waals surface area contributed by atoms with Gasteiger partial charge in [-0.2, -0.15) is 0 Å². The van der Waals surface area contributed by atoms with E-state index < -0.39 is 0 Å². The second kappa shape index (κ2) is 5.40. The monoisotopic (exact) mass is 354 g/mol. The van der Waals surface area contributed by atoms with Crippen molar-refractivity contribution in [3.8, 4) is 0 Å². The maximum atomic E-state index is 3.63. The highest BCUT2D eigenvalue weighted by Gasteiger charge is 2.04. The van der Waals surface area contributed by atoms with E-state index in [0.29, 0.717) is 4.83 Å². The van der Waals surface area contributed by atoms with Crippen molar-refractivity contribution in [2.24, 2.45) is 0 Å². The first-order chi connectivity index (χ1) is 5.74.